The van der Waals surface area contributed by atoms with Crippen LogP contribution in [0.3, 0.4) is 0 Å². The van der Waals surface area contributed by atoms with Crippen LogP contribution >= 0.6 is 11.6 Å². The molecule has 2 rings (SSSR count). The van der Waals surface area contributed by atoms with Crippen molar-refractivity contribution in [1.82, 2.24) is 10.2 Å². The van der Waals surface area contributed by atoms with E-state index < -0.39 is 0 Å². The van der Waals surface area contributed by atoms with Crippen LogP contribution in [0, 0.1) is 0 Å². The van der Waals surface area contributed by atoms with E-state index in [1.54, 1.807) is 0 Å². The predicted octanol–water partition coefficient (Wildman–Crippen LogP) is 3.69. The van der Waals surface area contributed by atoms with Crippen LogP contribution in [0.2, 0.25) is 5.02 Å². The molecule has 2 nitrogen and oxygen atoms in total. The van der Waals surface area contributed by atoms with E-state index in [0.29, 0.717) is 6.04 Å². The van der Waals surface area contributed by atoms with Crippen LogP contribution in [0.25, 0.3) is 0 Å². The Morgan fingerprint density at radius 3 is 2.84 bits per heavy atom. The molecule has 1 aromatic rings. The van der Waals surface area contributed by atoms with Gasteiger partial charge in [-0.05, 0) is 44.0 Å². The van der Waals surface area contributed by atoms with Gasteiger partial charge in [0, 0.05) is 30.2 Å². The lowest BCUT2D eigenvalue weighted by Crippen LogP contribution is -2.40. The molecule has 3 heteroatoms. The van der Waals surface area contributed by atoms with E-state index in [1.165, 1.54) is 31.2 Å². The number of nitrogens with one attached hydrogen (secondary N) is 1. The van der Waals surface area contributed by atoms with Gasteiger partial charge in [-0.2, -0.15) is 0 Å². The third kappa shape index (κ3) is 5.13. The molecule has 1 aliphatic rings. The quantitative estimate of drug-likeness (QED) is 0.781. The number of likely N-dealkylation sites (N-methyl/N-ethyl adjacent to an activating group) is 1. The Morgan fingerprint density at radius 2 is 2.21 bits per heavy atom. The molecule has 106 valence electrons. The monoisotopic (exact) mass is 280 g/mol. The molecular formula is C16H25ClN2. The van der Waals surface area contributed by atoms with Crippen molar-refractivity contribution in [3.63, 3.8) is 0 Å². The topological polar surface area (TPSA) is 15.3 Å². The van der Waals surface area contributed by atoms with E-state index in [-0.39, 0.29) is 0 Å². The second-order valence-electron chi connectivity index (χ2n) is 5.67. The summed E-state index contributed by atoms with van der Waals surface area (Å²) < 4.78 is 0. The first-order valence-corrected chi connectivity index (χ1v) is 7.75. The molecule has 0 aromatic heterocycles. The highest BCUT2D eigenvalue weighted by molar-refractivity contribution is 6.30. The standard InChI is InChI=1S/C16H25ClN2/c1-3-5-16(11-18-15-8-9-15)19(2)12-13-6-4-7-14(17)10-13/h4,6-7,10,15-16,18H,3,5,8-9,11-12H2,1-2H3. The van der Waals surface area contributed by atoms with Gasteiger partial charge in [-0.3, -0.25) is 4.90 Å². The SMILES string of the molecule is CCCC(CNC1CC1)N(C)Cc1cccc(Cl)c1. The van der Waals surface area contributed by atoms with Crippen molar-refractivity contribution in [2.75, 3.05) is 13.6 Å². The maximum atomic E-state index is 6.05. The van der Waals surface area contributed by atoms with Gasteiger partial charge >= 0.3 is 0 Å². The summed E-state index contributed by atoms with van der Waals surface area (Å²) in [6.07, 6.45) is 5.20. The smallest absolute Gasteiger partial charge is 0.0409 e. The number of hydrogen-bond donors (Lipinski definition) is 1. The molecule has 1 unspecified atom stereocenters. The molecule has 0 amide bonds. The molecule has 19 heavy (non-hydrogen) atoms. The van der Waals surface area contributed by atoms with Gasteiger partial charge in [0.2, 0.25) is 0 Å². The summed E-state index contributed by atoms with van der Waals surface area (Å²) >= 11 is 6.05. The summed E-state index contributed by atoms with van der Waals surface area (Å²) in [4.78, 5) is 2.45. The van der Waals surface area contributed by atoms with E-state index >= 15 is 0 Å². The maximum Gasteiger partial charge on any atom is 0.0409 e. The van der Waals surface area contributed by atoms with Crippen molar-refractivity contribution in [2.45, 2.75) is 51.2 Å². The van der Waals surface area contributed by atoms with Crippen LogP contribution in [0.5, 0.6) is 0 Å². The molecule has 0 aliphatic heterocycles. The minimum atomic E-state index is 0.615. The summed E-state index contributed by atoms with van der Waals surface area (Å²) in [5, 5.41) is 4.48. The van der Waals surface area contributed by atoms with Crippen LogP contribution in [0.1, 0.15) is 38.2 Å². The van der Waals surface area contributed by atoms with E-state index in [0.717, 1.165) is 24.2 Å². The molecule has 1 aliphatic carbocycles. The summed E-state index contributed by atoms with van der Waals surface area (Å²) in [6, 6.07) is 9.59. The molecule has 1 fully saturated rings. The number of benzene rings is 1. The number of halogens is 1. The predicted molar refractivity (Wildman–Crippen MR) is 82.6 cm³/mol. The lowest BCUT2D eigenvalue weighted by molar-refractivity contribution is 0.214. The normalized spacial score (nSPS) is 16.8. The Morgan fingerprint density at radius 1 is 1.42 bits per heavy atom. The Hall–Kier alpha value is -0.570. The van der Waals surface area contributed by atoms with Gasteiger partial charge in [0.25, 0.3) is 0 Å². The Bertz CT molecular complexity index is 390. The highest BCUT2D eigenvalue weighted by atomic mass is 35.5. The molecule has 1 atom stereocenters. The van der Waals surface area contributed by atoms with E-state index in [2.05, 4.69) is 36.3 Å². The number of rotatable bonds is 8. The minimum absolute atomic E-state index is 0.615. The van der Waals surface area contributed by atoms with Gasteiger partial charge in [0.15, 0.2) is 0 Å². The van der Waals surface area contributed by atoms with Crippen LogP contribution < -0.4 is 5.32 Å². The fourth-order valence-electron chi connectivity index (χ4n) is 2.45. The van der Waals surface area contributed by atoms with Gasteiger partial charge in [0.1, 0.15) is 0 Å². The number of hydrogen-bond acceptors (Lipinski definition) is 2. The third-order valence-electron chi connectivity index (χ3n) is 3.79. The zero-order valence-electron chi connectivity index (χ0n) is 12.0. The highest BCUT2D eigenvalue weighted by Gasteiger charge is 2.23. The van der Waals surface area contributed by atoms with Crippen molar-refractivity contribution in [3.8, 4) is 0 Å². The molecule has 1 N–H and O–H groups in total. The van der Waals surface area contributed by atoms with Crippen molar-refractivity contribution >= 4 is 11.6 Å². The van der Waals surface area contributed by atoms with E-state index in [9.17, 15) is 0 Å². The summed E-state index contributed by atoms with van der Waals surface area (Å²) in [5.74, 6) is 0. The first-order chi connectivity index (χ1) is 9.19. The van der Waals surface area contributed by atoms with Gasteiger partial charge in [0.05, 0.1) is 0 Å². The molecule has 0 heterocycles. The Kier molecular flexibility index (Phi) is 5.68. The molecular weight excluding hydrogens is 256 g/mol. The molecule has 0 bridgehead atoms. The average Bonchev–Trinajstić information content (AvgIpc) is 3.18. The van der Waals surface area contributed by atoms with Crippen LogP contribution in [-0.2, 0) is 6.54 Å². The average molecular weight is 281 g/mol. The van der Waals surface area contributed by atoms with Gasteiger partial charge in [-0.1, -0.05) is 37.1 Å². The fraction of sp³-hybridized carbons (Fsp3) is 0.625. The second kappa shape index (κ2) is 7.28. The van der Waals surface area contributed by atoms with Crippen molar-refractivity contribution in [1.29, 1.82) is 0 Å². The summed E-state index contributed by atoms with van der Waals surface area (Å²) in [7, 11) is 2.22. The highest BCUT2D eigenvalue weighted by Crippen LogP contribution is 2.20. The Balaban J connectivity index is 1.87. The van der Waals surface area contributed by atoms with Crippen LogP contribution in [-0.4, -0.2) is 30.6 Å². The van der Waals surface area contributed by atoms with E-state index in [4.69, 9.17) is 11.6 Å². The van der Waals surface area contributed by atoms with E-state index in [1.807, 2.05) is 12.1 Å². The van der Waals surface area contributed by atoms with Gasteiger partial charge < -0.3 is 5.32 Å². The maximum absolute atomic E-state index is 6.05. The zero-order valence-corrected chi connectivity index (χ0v) is 12.8. The second-order valence-corrected chi connectivity index (χ2v) is 6.11. The largest absolute Gasteiger partial charge is 0.312 e. The van der Waals surface area contributed by atoms with Crippen molar-refractivity contribution in [2.24, 2.45) is 0 Å². The molecule has 1 saturated carbocycles. The van der Waals surface area contributed by atoms with Gasteiger partial charge in [-0.15, -0.1) is 0 Å². The Labute approximate surface area is 122 Å². The number of nitrogens with zero attached hydrogens (tertiary/aromatic N) is 1. The van der Waals surface area contributed by atoms with Gasteiger partial charge in [-0.25, -0.2) is 0 Å². The third-order valence-corrected chi connectivity index (χ3v) is 4.02. The minimum Gasteiger partial charge on any atom is -0.312 e. The molecule has 0 radical (unpaired) electrons. The lowest BCUT2D eigenvalue weighted by Gasteiger charge is -2.28. The first kappa shape index (κ1) is 14.8. The zero-order chi connectivity index (χ0) is 13.7. The van der Waals surface area contributed by atoms with Crippen molar-refractivity contribution < 1.29 is 0 Å². The van der Waals surface area contributed by atoms with Crippen LogP contribution in [0.15, 0.2) is 24.3 Å². The fourth-order valence-corrected chi connectivity index (χ4v) is 2.67. The summed E-state index contributed by atoms with van der Waals surface area (Å²) in [5.41, 5.74) is 1.29. The lowest BCUT2D eigenvalue weighted by atomic mass is 10.1. The molecule has 1 aromatic carbocycles. The molecule has 0 spiro atoms. The molecule has 0 saturated heterocycles. The van der Waals surface area contributed by atoms with Crippen molar-refractivity contribution in [3.05, 3.63) is 34.9 Å². The van der Waals surface area contributed by atoms with Crippen LogP contribution in [0.4, 0.5) is 0 Å². The summed E-state index contributed by atoms with van der Waals surface area (Å²) in [6.45, 7) is 4.34. The first-order valence-electron chi connectivity index (χ1n) is 7.37.